The van der Waals surface area contributed by atoms with Crippen molar-refractivity contribution >= 4 is 52.2 Å². The maximum absolute atomic E-state index is 12.3. The highest BCUT2D eigenvalue weighted by molar-refractivity contribution is 14.1. The molecule has 2 rings (SSSR count). The summed E-state index contributed by atoms with van der Waals surface area (Å²) in [5, 5.41) is 5.13. The zero-order valence-electron chi connectivity index (χ0n) is 13.8. The number of oxazole rings is 1. The molecule has 1 aromatic heterocycles. The van der Waals surface area contributed by atoms with Crippen LogP contribution in [0.25, 0.3) is 0 Å². The second-order valence-corrected chi connectivity index (χ2v) is 8.99. The molecule has 0 bridgehead atoms. The van der Waals surface area contributed by atoms with Crippen molar-refractivity contribution in [3.8, 4) is 0 Å². The molecule has 9 heteroatoms. The Bertz CT molecular complexity index is 602. The summed E-state index contributed by atoms with van der Waals surface area (Å²) in [6.07, 6.45) is 3.23. The van der Waals surface area contributed by atoms with Gasteiger partial charge >= 0.3 is 12.1 Å². The van der Waals surface area contributed by atoms with Gasteiger partial charge in [-0.1, -0.05) is 22.6 Å². The minimum absolute atomic E-state index is 0.0838. The van der Waals surface area contributed by atoms with Gasteiger partial charge in [0.25, 0.3) is 5.91 Å². The zero-order chi connectivity index (χ0) is 17.9. The lowest BCUT2D eigenvalue weighted by atomic mass is 9.95. The van der Waals surface area contributed by atoms with Crippen LogP contribution in [0.15, 0.2) is 10.7 Å². The van der Waals surface area contributed by atoms with Crippen LogP contribution in [0.2, 0.25) is 0 Å². The van der Waals surface area contributed by atoms with Gasteiger partial charge in [-0.05, 0) is 40.0 Å². The average molecular weight is 470 g/mol. The van der Waals surface area contributed by atoms with Crippen molar-refractivity contribution in [2.24, 2.45) is 0 Å². The monoisotopic (exact) mass is 469 g/mol. The summed E-state index contributed by atoms with van der Waals surface area (Å²) in [5.74, 6) is -0.378. The molecule has 1 fully saturated rings. The van der Waals surface area contributed by atoms with E-state index in [9.17, 15) is 9.59 Å². The van der Waals surface area contributed by atoms with Crippen molar-refractivity contribution in [3.63, 3.8) is 0 Å². The summed E-state index contributed by atoms with van der Waals surface area (Å²) in [7, 11) is 0. The molecule has 7 nitrogen and oxygen atoms in total. The molecule has 2 unspecified atom stereocenters. The fourth-order valence-electron chi connectivity index (χ4n) is 2.30. The molecule has 2 N–H and O–H groups in total. The van der Waals surface area contributed by atoms with Crippen LogP contribution in [0.1, 0.15) is 50.5 Å². The third kappa shape index (κ3) is 5.80. The number of rotatable bonds is 3. The van der Waals surface area contributed by atoms with E-state index >= 15 is 0 Å². The van der Waals surface area contributed by atoms with Crippen molar-refractivity contribution in [2.75, 3.05) is 5.32 Å². The number of nitrogens with zero attached hydrogens (tertiary/aromatic N) is 1. The molecule has 1 heterocycles. The van der Waals surface area contributed by atoms with Crippen molar-refractivity contribution < 1.29 is 18.7 Å². The second kappa shape index (κ2) is 7.90. The van der Waals surface area contributed by atoms with Crippen LogP contribution in [0.3, 0.4) is 0 Å². The first-order valence-electron chi connectivity index (χ1n) is 7.68. The van der Waals surface area contributed by atoms with Gasteiger partial charge in [0, 0.05) is 9.97 Å². The molecule has 2 amide bonds. The van der Waals surface area contributed by atoms with Crippen LogP contribution in [-0.4, -0.2) is 37.9 Å². The number of nitrogens with one attached hydrogen (secondary N) is 2. The molecular formula is C15H21ClIN3O4. The number of amides is 2. The van der Waals surface area contributed by atoms with E-state index in [0.717, 1.165) is 19.3 Å². The number of carbonyl (C=O) groups is 2. The Morgan fingerprint density at radius 1 is 1.42 bits per heavy atom. The number of hydrogen-bond donors (Lipinski definition) is 2. The Morgan fingerprint density at radius 2 is 2.12 bits per heavy atom. The van der Waals surface area contributed by atoms with Crippen LogP contribution in [0.5, 0.6) is 0 Å². The number of hydrogen-bond acceptors (Lipinski definition) is 5. The van der Waals surface area contributed by atoms with Gasteiger partial charge < -0.3 is 14.5 Å². The lowest BCUT2D eigenvalue weighted by Crippen LogP contribution is -2.45. The Morgan fingerprint density at radius 3 is 2.79 bits per heavy atom. The van der Waals surface area contributed by atoms with E-state index < -0.39 is 11.7 Å². The summed E-state index contributed by atoms with van der Waals surface area (Å²) in [4.78, 5) is 27.9. The fourth-order valence-corrected chi connectivity index (χ4v) is 3.50. The summed E-state index contributed by atoms with van der Waals surface area (Å²) in [6, 6.07) is -0.194. The minimum atomic E-state index is -0.697. The Kier molecular flexibility index (Phi) is 6.35. The molecule has 1 aliphatic rings. The first-order chi connectivity index (χ1) is 11.1. The van der Waals surface area contributed by atoms with Gasteiger partial charge in [-0.25, -0.2) is 10.1 Å². The maximum atomic E-state index is 12.3. The number of alkyl halides is 2. The second-order valence-electron chi connectivity index (χ2n) is 6.67. The summed E-state index contributed by atoms with van der Waals surface area (Å²) < 4.78 is 10.7. The van der Waals surface area contributed by atoms with Gasteiger partial charge in [0.2, 0.25) is 0 Å². The van der Waals surface area contributed by atoms with Crippen molar-refractivity contribution in [2.45, 2.75) is 61.0 Å². The zero-order valence-corrected chi connectivity index (χ0v) is 16.7. The van der Waals surface area contributed by atoms with E-state index in [1.807, 2.05) is 0 Å². The highest BCUT2D eigenvalue weighted by atomic mass is 127. The molecule has 0 spiro atoms. The van der Waals surface area contributed by atoms with Crippen LogP contribution in [0, 0.1) is 0 Å². The highest BCUT2D eigenvalue weighted by Gasteiger charge is 2.30. The largest absolute Gasteiger partial charge is 0.443 e. The van der Waals surface area contributed by atoms with Gasteiger partial charge in [0.15, 0.2) is 5.69 Å². The van der Waals surface area contributed by atoms with Crippen LogP contribution < -0.4 is 10.6 Å². The third-order valence-corrected chi connectivity index (χ3v) is 5.02. The molecule has 3 atom stereocenters. The quantitative estimate of drug-likeness (QED) is 0.520. The van der Waals surface area contributed by atoms with E-state index in [-0.39, 0.29) is 29.0 Å². The number of carbonyl (C=O) groups excluding carboxylic acids is 2. The summed E-state index contributed by atoms with van der Waals surface area (Å²) >= 11 is 8.65. The van der Waals surface area contributed by atoms with Crippen LogP contribution in [-0.2, 0) is 4.74 Å². The van der Waals surface area contributed by atoms with Crippen LogP contribution in [0.4, 0.5) is 10.8 Å². The standard InChI is InChI=1S/C15H21ClIN3O4/c1-15(2,3)24-14(22)20-13-19-11(7-23-13)12(21)18-10-6-8(17)4-5-9(10)16/h7-10H,4-6H2,1-3H3,(H,18,21)(H,19,20,22)/t8-,9?,10?/m1/s1. The number of aromatic nitrogens is 1. The first kappa shape index (κ1) is 19.3. The van der Waals surface area contributed by atoms with E-state index in [4.69, 9.17) is 20.8 Å². The van der Waals surface area contributed by atoms with Gasteiger partial charge in [-0.15, -0.1) is 11.6 Å². The van der Waals surface area contributed by atoms with Crippen molar-refractivity contribution in [3.05, 3.63) is 12.0 Å². The number of ether oxygens (including phenoxy) is 1. The van der Waals surface area contributed by atoms with Gasteiger partial charge in [0.1, 0.15) is 11.9 Å². The Hall–Kier alpha value is -1.03. The topological polar surface area (TPSA) is 93.5 Å². The van der Waals surface area contributed by atoms with Crippen molar-refractivity contribution in [1.29, 1.82) is 0 Å². The van der Waals surface area contributed by atoms with Gasteiger partial charge in [-0.2, -0.15) is 4.98 Å². The summed E-state index contributed by atoms with van der Waals surface area (Å²) in [6.45, 7) is 5.23. The molecule has 1 aromatic rings. The SMILES string of the molecule is CC(C)(C)OC(=O)Nc1nc(C(=O)NC2C[C@H](I)CCC2Cl)co1. The number of halogens is 2. The lowest BCUT2D eigenvalue weighted by Gasteiger charge is -2.30. The number of anilines is 1. The fraction of sp³-hybridized carbons (Fsp3) is 0.667. The smallest absolute Gasteiger partial charge is 0.415 e. The maximum Gasteiger partial charge on any atom is 0.415 e. The normalized spacial score (nSPS) is 24.3. The predicted octanol–water partition coefficient (Wildman–Crippen LogP) is 3.71. The Labute approximate surface area is 159 Å². The van der Waals surface area contributed by atoms with E-state index in [2.05, 4.69) is 38.2 Å². The van der Waals surface area contributed by atoms with E-state index in [1.54, 1.807) is 20.8 Å². The Balaban J connectivity index is 1.92. The molecule has 1 saturated carbocycles. The highest BCUT2D eigenvalue weighted by Crippen LogP contribution is 2.28. The van der Waals surface area contributed by atoms with Gasteiger partial charge in [0.05, 0.1) is 5.38 Å². The molecular weight excluding hydrogens is 449 g/mol. The minimum Gasteiger partial charge on any atom is -0.443 e. The van der Waals surface area contributed by atoms with Gasteiger partial charge in [-0.3, -0.25) is 4.79 Å². The average Bonchev–Trinajstić information content (AvgIpc) is 2.89. The molecule has 0 aliphatic heterocycles. The molecule has 0 aromatic carbocycles. The van der Waals surface area contributed by atoms with Crippen molar-refractivity contribution in [1.82, 2.24) is 10.3 Å². The molecule has 1 aliphatic carbocycles. The van der Waals surface area contributed by atoms with E-state index in [0.29, 0.717) is 3.92 Å². The third-order valence-electron chi connectivity index (χ3n) is 3.36. The van der Waals surface area contributed by atoms with Crippen LogP contribution >= 0.6 is 34.2 Å². The molecule has 24 heavy (non-hydrogen) atoms. The molecule has 134 valence electrons. The van der Waals surface area contributed by atoms with E-state index in [1.165, 1.54) is 6.26 Å². The first-order valence-corrected chi connectivity index (χ1v) is 9.37. The predicted molar refractivity (Wildman–Crippen MR) is 98.9 cm³/mol. The molecule has 0 saturated heterocycles. The summed E-state index contributed by atoms with van der Waals surface area (Å²) in [5.41, 5.74) is -0.552. The molecule has 0 radical (unpaired) electrons. The lowest BCUT2D eigenvalue weighted by molar-refractivity contribution is 0.0631.